The summed E-state index contributed by atoms with van der Waals surface area (Å²) >= 11 is 0. The lowest BCUT2D eigenvalue weighted by Crippen LogP contribution is -2.42. The molecule has 4 rings (SSSR count). The Balaban J connectivity index is 1.66. The van der Waals surface area contributed by atoms with Crippen molar-refractivity contribution in [3.63, 3.8) is 0 Å². The summed E-state index contributed by atoms with van der Waals surface area (Å²) in [5.41, 5.74) is 2.43. The molecule has 41 heavy (non-hydrogen) atoms. The lowest BCUT2D eigenvalue weighted by molar-refractivity contribution is -0.146. The van der Waals surface area contributed by atoms with Gasteiger partial charge in [-0.3, -0.25) is 12.5 Å². The first kappa shape index (κ1) is 31.3. The van der Waals surface area contributed by atoms with Crippen LogP contribution in [-0.4, -0.2) is 63.6 Å². The minimum atomic E-state index is -4.51. The zero-order chi connectivity index (χ0) is 30.0. The molecule has 0 aromatic heterocycles. The number of methoxy groups -OCH3 is 1. The molecule has 0 radical (unpaired) electrons. The molecule has 0 spiro atoms. The van der Waals surface area contributed by atoms with Gasteiger partial charge in [0.1, 0.15) is 12.2 Å². The Labute approximate surface area is 240 Å². The van der Waals surface area contributed by atoms with Gasteiger partial charge >= 0.3 is 0 Å². The first-order valence-corrected chi connectivity index (χ1v) is 16.6. The van der Waals surface area contributed by atoms with Crippen molar-refractivity contribution in [2.75, 3.05) is 13.7 Å². The van der Waals surface area contributed by atoms with Gasteiger partial charge in [0.15, 0.2) is 12.4 Å². The SMILES string of the molecule is CO[C@@H]1O[C@H](COS(=O)(=O)c2ccc(C)cc2)C(OS(=O)(=O)c2ccc(C)cc2)[C@@H]1OS(=O)(=O)c1ccc(C)cc1. The van der Waals surface area contributed by atoms with E-state index in [0.29, 0.717) is 0 Å². The van der Waals surface area contributed by atoms with Crippen molar-refractivity contribution in [1.82, 2.24) is 0 Å². The molecule has 1 aliphatic rings. The molecule has 1 aliphatic heterocycles. The molecule has 0 amide bonds. The van der Waals surface area contributed by atoms with Gasteiger partial charge in [-0.05, 0) is 57.2 Å². The first-order valence-electron chi connectivity index (χ1n) is 12.4. The van der Waals surface area contributed by atoms with Gasteiger partial charge in [0.05, 0.1) is 21.3 Å². The normalized spacial score (nSPS) is 21.7. The van der Waals surface area contributed by atoms with Crippen LogP contribution in [0, 0.1) is 20.8 Å². The molecule has 14 heteroatoms. The van der Waals surface area contributed by atoms with Crippen LogP contribution in [0.25, 0.3) is 0 Å². The molecule has 0 bridgehead atoms. The van der Waals surface area contributed by atoms with Crippen LogP contribution in [0.2, 0.25) is 0 Å². The predicted molar refractivity (Wildman–Crippen MR) is 146 cm³/mol. The van der Waals surface area contributed by atoms with E-state index in [1.807, 2.05) is 0 Å². The highest BCUT2D eigenvalue weighted by Crippen LogP contribution is 2.33. The van der Waals surface area contributed by atoms with Crippen molar-refractivity contribution < 1.29 is 47.3 Å². The standard InChI is InChI=1S/C27H30O11S3/c1-18-5-11-21(12-6-18)39(28,29)35-17-24-25(37-40(30,31)22-13-7-19(2)8-14-22)26(27(34-4)36-24)38-41(32,33)23-15-9-20(3)10-16-23/h5-16,24-27H,17H2,1-4H3/t24-,25?,26+,27-/m1/s1. The summed E-state index contributed by atoms with van der Waals surface area (Å²) in [6.45, 7) is 4.61. The fourth-order valence-electron chi connectivity index (χ4n) is 3.98. The third kappa shape index (κ3) is 7.40. The second kappa shape index (κ2) is 12.3. The molecule has 1 unspecified atom stereocenters. The largest absolute Gasteiger partial charge is 0.353 e. The van der Waals surface area contributed by atoms with E-state index in [9.17, 15) is 25.3 Å². The van der Waals surface area contributed by atoms with Crippen molar-refractivity contribution in [3.05, 3.63) is 89.5 Å². The van der Waals surface area contributed by atoms with Crippen LogP contribution in [0.4, 0.5) is 0 Å². The number of hydrogen-bond acceptors (Lipinski definition) is 11. The summed E-state index contributed by atoms with van der Waals surface area (Å²) < 4.78 is 105. The molecule has 222 valence electrons. The summed E-state index contributed by atoms with van der Waals surface area (Å²) in [7, 11) is -12.1. The van der Waals surface area contributed by atoms with Crippen molar-refractivity contribution in [3.8, 4) is 0 Å². The van der Waals surface area contributed by atoms with E-state index in [-0.39, 0.29) is 14.7 Å². The van der Waals surface area contributed by atoms with Gasteiger partial charge in [-0.2, -0.15) is 25.3 Å². The zero-order valence-electron chi connectivity index (χ0n) is 22.7. The molecule has 3 aromatic carbocycles. The molecule has 0 N–H and O–H groups in total. The van der Waals surface area contributed by atoms with Gasteiger partial charge in [0, 0.05) is 7.11 Å². The van der Waals surface area contributed by atoms with Crippen LogP contribution in [0.1, 0.15) is 16.7 Å². The van der Waals surface area contributed by atoms with Gasteiger partial charge in [0.25, 0.3) is 30.4 Å². The Bertz CT molecular complexity index is 1670. The highest BCUT2D eigenvalue weighted by atomic mass is 32.2. The molecule has 0 aliphatic carbocycles. The second-order valence-corrected chi connectivity index (χ2v) is 14.2. The zero-order valence-corrected chi connectivity index (χ0v) is 25.1. The van der Waals surface area contributed by atoms with E-state index in [0.717, 1.165) is 16.7 Å². The Morgan fingerprint density at radius 3 is 1.34 bits per heavy atom. The molecule has 3 aromatic rings. The maximum Gasteiger partial charge on any atom is 0.297 e. The summed E-state index contributed by atoms with van der Waals surface area (Å²) in [5, 5.41) is 0. The van der Waals surface area contributed by atoms with Crippen LogP contribution in [0.5, 0.6) is 0 Å². The average molecular weight is 627 g/mol. The molecular formula is C27H30O11S3. The van der Waals surface area contributed by atoms with Gasteiger partial charge < -0.3 is 9.47 Å². The van der Waals surface area contributed by atoms with Crippen LogP contribution in [-0.2, 0) is 52.4 Å². The van der Waals surface area contributed by atoms with Crippen molar-refractivity contribution in [2.24, 2.45) is 0 Å². The average Bonchev–Trinajstić information content (AvgIpc) is 3.23. The molecule has 1 saturated heterocycles. The quantitative estimate of drug-likeness (QED) is 0.289. The third-order valence-corrected chi connectivity index (χ3v) is 10.2. The minimum Gasteiger partial charge on any atom is -0.353 e. The van der Waals surface area contributed by atoms with E-state index in [2.05, 4.69) is 0 Å². The van der Waals surface area contributed by atoms with Gasteiger partial charge in [-0.15, -0.1) is 0 Å². The predicted octanol–water partition coefficient (Wildman–Crippen LogP) is 3.24. The van der Waals surface area contributed by atoms with Gasteiger partial charge in [0.2, 0.25) is 0 Å². The van der Waals surface area contributed by atoms with E-state index in [4.69, 9.17) is 22.0 Å². The van der Waals surface area contributed by atoms with Crippen molar-refractivity contribution >= 4 is 30.4 Å². The lowest BCUT2D eigenvalue weighted by Gasteiger charge is -2.23. The Morgan fingerprint density at radius 2 is 0.951 bits per heavy atom. The fourth-order valence-corrected chi connectivity index (χ4v) is 7.08. The van der Waals surface area contributed by atoms with E-state index >= 15 is 0 Å². The molecule has 4 atom stereocenters. The fraction of sp³-hybridized carbons (Fsp3) is 0.333. The summed E-state index contributed by atoms with van der Waals surface area (Å²) in [4.78, 5) is -0.542. The van der Waals surface area contributed by atoms with Gasteiger partial charge in [-0.1, -0.05) is 53.1 Å². The summed E-state index contributed by atoms with van der Waals surface area (Å²) in [5.74, 6) is 0. The van der Waals surface area contributed by atoms with Crippen LogP contribution >= 0.6 is 0 Å². The summed E-state index contributed by atoms with van der Waals surface area (Å²) in [6.07, 6.45) is -6.22. The highest BCUT2D eigenvalue weighted by Gasteiger charge is 2.52. The van der Waals surface area contributed by atoms with Crippen LogP contribution in [0.3, 0.4) is 0 Å². The third-order valence-electron chi connectivity index (χ3n) is 6.29. The number of ether oxygens (including phenoxy) is 2. The smallest absolute Gasteiger partial charge is 0.297 e. The number of rotatable bonds is 11. The number of hydrogen-bond donors (Lipinski definition) is 0. The number of benzene rings is 3. The van der Waals surface area contributed by atoms with E-state index < -0.39 is 61.6 Å². The van der Waals surface area contributed by atoms with Crippen LogP contribution in [0.15, 0.2) is 87.5 Å². The first-order chi connectivity index (χ1) is 19.2. The Kier molecular flexibility index (Phi) is 9.35. The molecule has 0 saturated carbocycles. The van der Waals surface area contributed by atoms with E-state index in [1.54, 1.807) is 57.2 Å². The van der Waals surface area contributed by atoms with Gasteiger partial charge in [-0.25, -0.2) is 0 Å². The second-order valence-electron chi connectivity index (χ2n) is 9.49. The molecular weight excluding hydrogens is 596 g/mol. The topological polar surface area (TPSA) is 149 Å². The Morgan fingerprint density at radius 1 is 0.585 bits per heavy atom. The molecule has 1 heterocycles. The molecule has 11 nitrogen and oxygen atoms in total. The Hall–Kier alpha value is -2.69. The van der Waals surface area contributed by atoms with E-state index in [1.165, 1.54) is 43.5 Å². The monoisotopic (exact) mass is 626 g/mol. The minimum absolute atomic E-state index is 0.135. The van der Waals surface area contributed by atoms with Crippen molar-refractivity contribution in [1.29, 1.82) is 0 Å². The number of aryl methyl sites for hydroxylation is 3. The maximum absolute atomic E-state index is 13.2. The van der Waals surface area contributed by atoms with Crippen LogP contribution < -0.4 is 0 Å². The van der Waals surface area contributed by atoms with Crippen molar-refractivity contribution in [2.45, 2.75) is 60.1 Å². The highest BCUT2D eigenvalue weighted by molar-refractivity contribution is 7.87. The molecule has 1 fully saturated rings. The summed E-state index contributed by atoms with van der Waals surface area (Å²) in [6, 6.07) is 17.4. The maximum atomic E-state index is 13.2. The lowest BCUT2D eigenvalue weighted by atomic mass is 10.1.